The van der Waals surface area contributed by atoms with Crippen molar-refractivity contribution < 1.29 is 22.8 Å². The molecule has 0 saturated carbocycles. The SMILES string of the molecule is C=C(C)C(=O)OCCC[Si](OC)(OC)OC.c1cc2cc3cc4cc5ccc6cc7cc8cc9cccc%10cc%11cc%12cc%13ccc%14cc%15cc%16cc(c1)c2c1c3c2c4c3c5c6c4c7c5c8c(c9%10)c%11c6c%12c7c%13c%14c8c%15c(c%161)c2c1c3c4c(c56)c7c81. The zero-order valence-electron chi connectivity index (χ0n) is 47.1. The van der Waals surface area contributed by atoms with Gasteiger partial charge in [0.05, 0.1) is 6.61 Å². The molecule has 0 aromatic heterocycles. The van der Waals surface area contributed by atoms with Gasteiger partial charge in [0.1, 0.15) is 0 Å². The van der Waals surface area contributed by atoms with Gasteiger partial charge in [-0.15, -0.1) is 0 Å². The fraction of sp³-hybridized carbons (Fsp3) is 0.0875. The number of hydrogen-bond acceptors (Lipinski definition) is 5. The van der Waals surface area contributed by atoms with Crippen molar-refractivity contribution in [3.63, 3.8) is 0 Å². The highest BCUT2D eigenvalue weighted by Gasteiger charge is 2.40. The van der Waals surface area contributed by atoms with Crippen molar-refractivity contribution in [1.82, 2.24) is 0 Å². The molecule has 0 heterocycles. The summed E-state index contributed by atoms with van der Waals surface area (Å²) in [7, 11) is 2.13. The molecule has 0 radical (unpaired) electrons. The van der Waals surface area contributed by atoms with Crippen LogP contribution in [0.3, 0.4) is 0 Å². The maximum Gasteiger partial charge on any atom is 0.500 e. The summed E-state index contributed by atoms with van der Waals surface area (Å²) in [6.07, 6.45) is 0.640. The quantitative estimate of drug-likeness (QED) is 0.0379. The normalized spacial score (nSPS) is 14.2. The van der Waals surface area contributed by atoms with Crippen LogP contribution in [-0.2, 0) is 22.8 Å². The zero-order chi connectivity index (χ0) is 55.9. The largest absolute Gasteiger partial charge is 0.500 e. The number of carbonyl (C=O) groups excluding carboxylic acids is 1. The Morgan fingerprint density at radius 1 is 0.302 bits per heavy atom. The van der Waals surface area contributed by atoms with Crippen molar-refractivity contribution in [2.24, 2.45) is 0 Å². The van der Waals surface area contributed by atoms with Crippen molar-refractivity contribution in [3.8, 4) is 0 Å². The minimum Gasteiger partial charge on any atom is -0.462 e. The molecule has 0 atom stereocenters. The summed E-state index contributed by atoms with van der Waals surface area (Å²) in [6.45, 7) is 5.42. The Bertz CT molecular complexity index is 6430. The molecule has 0 aliphatic carbocycles. The van der Waals surface area contributed by atoms with Gasteiger partial charge in [0.2, 0.25) is 0 Å². The average molecular weight is 1110 g/mol. The van der Waals surface area contributed by atoms with E-state index in [1.807, 2.05) is 0 Å². The minimum atomic E-state index is -2.53. The summed E-state index contributed by atoms with van der Waals surface area (Å²) in [5, 5.41) is 69.3. The van der Waals surface area contributed by atoms with Crippen molar-refractivity contribution in [3.05, 3.63) is 146 Å². The first-order chi connectivity index (χ1) is 42.2. The smallest absolute Gasteiger partial charge is 0.462 e. The third-order valence-electron chi connectivity index (χ3n) is 22.5. The molecule has 0 saturated heterocycles. The van der Waals surface area contributed by atoms with Crippen molar-refractivity contribution >= 4 is 273 Å². The molecule has 25 aromatic rings. The number of hydrogen-bond donors (Lipinski definition) is 0. The first-order valence-electron chi connectivity index (χ1n) is 30.2. The zero-order valence-corrected chi connectivity index (χ0v) is 48.1. The van der Waals surface area contributed by atoms with Crippen LogP contribution in [0.1, 0.15) is 13.3 Å². The predicted octanol–water partition coefficient (Wildman–Crippen LogP) is 21.7. The minimum absolute atomic E-state index is 0.316. The number of esters is 1. The second-order valence-corrected chi connectivity index (χ2v) is 29.1. The number of benzene rings is 25. The first kappa shape index (κ1) is 43.8. The van der Waals surface area contributed by atoms with Gasteiger partial charge in [-0.05, 0) is 345 Å². The van der Waals surface area contributed by atoms with E-state index in [2.05, 4.69) is 140 Å². The van der Waals surface area contributed by atoms with Crippen molar-refractivity contribution in [2.75, 3.05) is 27.9 Å². The molecule has 0 spiro atoms. The van der Waals surface area contributed by atoms with Gasteiger partial charge in [-0.1, -0.05) is 67.2 Å². The van der Waals surface area contributed by atoms with Crippen LogP contribution in [0.2, 0.25) is 6.04 Å². The van der Waals surface area contributed by atoms with Crippen LogP contribution in [0, 0.1) is 0 Å². The number of carbonyl (C=O) groups is 1. The van der Waals surface area contributed by atoms with E-state index in [0.29, 0.717) is 24.6 Å². The monoisotopic (exact) mass is 1110 g/mol. The highest BCUT2D eigenvalue weighted by atomic mass is 28.4. The molecule has 25 rings (SSSR count). The van der Waals surface area contributed by atoms with Crippen molar-refractivity contribution in [1.29, 1.82) is 0 Å². The third-order valence-corrected chi connectivity index (χ3v) is 25.3. The van der Waals surface area contributed by atoms with E-state index in [1.54, 1.807) is 28.3 Å². The highest BCUT2D eigenvalue weighted by Crippen LogP contribution is 2.68. The molecule has 25 aromatic carbocycles. The van der Waals surface area contributed by atoms with Gasteiger partial charge in [0.15, 0.2) is 0 Å². The molecular weight excluding hydrogens is 1070 g/mol. The Labute approximate surface area is 486 Å². The lowest BCUT2D eigenvalue weighted by Crippen LogP contribution is -2.42. The molecule has 0 aliphatic rings. The van der Waals surface area contributed by atoms with Gasteiger partial charge in [0, 0.05) is 32.9 Å². The third kappa shape index (κ3) is 4.27. The maximum atomic E-state index is 11.1. The lowest BCUT2D eigenvalue weighted by atomic mass is 9.68. The van der Waals surface area contributed by atoms with Gasteiger partial charge in [-0.2, -0.15) is 0 Å². The van der Waals surface area contributed by atoms with Gasteiger partial charge in [0.25, 0.3) is 0 Å². The van der Waals surface area contributed by atoms with E-state index in [-0.39, 0.29) is 5.97 Å². The fourth-order valence-corrected chi connectivity index (χ4v) is 21.4. The van der Waals surface area contributed by atoms with Gasteiger partial charge in [-0.25, -0.2) is 4.79 Å². The van der Waals surface area contributed by atoms with Crippen LogP contribution in [-0.4, -0.2) is 42.7 Å². The molecule has 0 unspecified atom stereocenters. The van der Waals surface area contributed by atoms with Gasteiger partial charge in [-0.3, -0.25) is 0 Å². The van der Waals surface area contributed by atoms with Crippen LogP contribution < -0.4 is 0 Å². The van der Waals surface area contributed by atoms with E-state index in [4.69, 9.17) is 18.0 Å². The molecule has 0 bridgehead atoms. The second-order valence-electron chi connectivity index (χ2n) is 26.1. The molecular formula is C80H42O5Si. The van der Waals surface area contributed by atoms with E-state index >= 15 is 0 Å². The highest BCUT2D eigenvalue weighted by molar-refractivity contribution is 6.70. The Hall–Kier alpha value is -9.79. The topological polar surface area (TPSA) is 54.0 Å². The molecule has 0 amide bonds. The molecule has 0 N–H and O–H groups in total. The summed E-state index contributed by atoms with van der Waals surface area (Å²) in [4.78, 5) is 11.1. The van der Waals surface area contributed by atoms with Crippen LogP contribution >= 0.6 is 0 Å². The number of rotatable bonds is 8. The average Bonchev–Trinajstić information content (AvgIpc) is 0.625. The fourth-order valence-electron chi connectivity index (χ4n) is 19.8. The summed E-state index contributed by atoms with van der Waals surface area (Å²) in [5.74, 6) is -0.375. The summed E-state index contributed by atoms with van der Waals surface area (Å²) in [6, 6.07) is 55.3. The molecule has 6 heteroatoms. The summed E-state index contributed by atoms with van der Waals surface area (Å²) >= 11 is 0. The van der Waals surface area contributed by atoms with Gasteiger partial charge < -0.3 is 18.0 Å². The first-order valence-corrected chi connectivity index (χ1v) is 32.2. The maximum absolute atomic E-state index is 11.1. The van der Waals surface area contributed by atoms with Crippen LogP contribution in [0.25, 0.3) is 259 Å². The molecule has 86 heavy (non-hydrogen) atoms. The summed E-state index contributed by atoms with van der Waals surface area (Å²) in [5.41, 5.74) is 0.397. The van der Waals surface area contributed by atoms with Crippen molar-refractivity contribution in [2.45, 2.75) is 19.4 Å². The Kier molecular flexibility index (Phi) is 6.87. The van der Waals surface area contributed by atoms with Crippen LogP contribution in [0.4, 0.5) is 0 Å². The van der Waals surface area contributed by atoms with E-state index in [0.717, 1.165) is 0 Å². The Balaban J connectivity index is 0.000000265. The standard InChI is InChI=1S/C70H22.C10H20O5Si/c1-3-23-11-31-19-35-15-27-7-9-29-17-37-21-33-13-25-5-2-6-26-14-34-22-38-18-30-10-8-28-16-36-20-32-12-24(4-1)39(23)53-45(31)59-49(35)55-41(27)43(29)57-51(37)61-47(33)54(40(25)26)48(34)62-52(38)58-44(30)42(28)56-50(36)60(46(32)53)63(59)69-65(55)67(57)70(64(61)62)68(58)66(56)69;1-9(2)10(11)15-7-6-8-16(12-3,13-4)14-5/h1-22H;1,6-8H2,2-5H3. The van der Waals surface area contributed by atoms with Gasteiger partial charge >= 0.3 is 14.8 Å². The molecule has 396 valence electrons. The van der Waals surface area contributed by atoms with Crippen LogP contribution in [0.5, 0.6) is 0 Å². The Morgan fingerprint density at radius 3 is 0.733 bits per heavy atom. The predicted molar refractivity (Wildman–Crippen MR) is 368 cm³/mol. The summed E-state index contributed by atoms with van der Waals surface area (Å²) < 4.78 is 20.6. The van der Waals surface area contributed by atoms with E-state index < -0.39 is 8.80 Å². The molecule has 0 aliphatic heterocycles. The lowest BCUT2D eigenvalue weighted by Gasteiger charge is -2.34. The lowest BCUT2D eigenvalue weighted by molar-refractivity contribution is -0.139. The van der Waals surface area contributed by atoms with E-state index in [1.165, 1.54) is 259 Å². The molecule has 0 fully saturated rings. The van der Waals surface area contributed by atoms with E-state index in [9.17, 15) is 4.79 Å². The second kappa shape index (κ2) is 13.5. The number of ether oxygens (including phenoxy) is 1. The molecule has 5 nitrogen and oxygen atoms in total. The Morgan fingerprint density at radius 2 is 0.500 bits per heavy atom. The van der Waals surface area contributed by atoms with Crippen LogP contribution in [0.15, 0.2) is 146 Å².